The van der Waals surface area contributed by atoms with Crippen molar-refractivity contribution in [3.63, 3.8) is 0 Å². The fourth-order valence-corrected chi connectivity index (χ4v) is 4.29. The van der Waals surface area contributed by atoms with Gasteiger partial charge in [-0.05, 0) is 30.3 Å². The van der Waals surface area contributed by atoms with Crippen LogP contribution in [0, 0.1) is 0 Å². The highest BCUT2D eigenvalue weighted by Crippen LogP contribution is 2.26. The lowest BCUT2D eigenvalue weighted by molar-refractivity contribution is 0.102. The van der Waals surface area contributed by atoms with E-state index in [0.29, 0.717) is 18.8 Å². The minimum absolute atomic E-state index is 0.0127. The van der Waals surface area contributed by atoms with Crippen molar-refractivity contribution in [3.05, 3.63) is 53.1 Å². The summed E-state index contributed by atoms with van der Waals surface area (Å²) in [6.07, 6.45) is 0. The molecule has 0 spiro atoms. The van der Waals surface area contributed by atoms with Gasteiger partial charge in [-0.1, -0.05) is 31.5 Å². The van der Waals surface area contributed by atoms with E-state index in [-0.39, 0.29) is 21.2 Å². The van der Waals surface area contributed by atoms with E-state index in [1.54, 1.807) is 26.0 Å². The number of hydrogen-bond donors (Lipinski definition) is 2. The molecule has 6 nitrogen and oxygen atoms in total. The maximum absolute atomic E-state index is 12.7. The smallest absolute Gasteiger partial charge is 0.255 e. The van der Waals surface area contributed by atoms with Crippen molar-refractivity contribution < 1.29 is 18.3 Å². The molecule has 0 heterocycles. The highest BCUT2D eigenvalue weighted by Gasteiger charge is 2.25. The molecule has 2 aromatic rings. The molecule has 0 fully saturated rings. The summed E-state index contributed by atoms with van der Waals surface area (Å²) in [5.74, 6) is -0.489. The Balaban J connectivity index is 2.37. The summed E-state index contributed by atoms with van der Waals surface area (Å²) in [5.41, 5.74) is 0.548. The van der Waals surface area contributed by atoms with E-state index < -0.39 is 15.9 Å². The third-order valence-electron chi connectivity index (χ3n) is 3.62. The number of amides is 1. The Morgan fingerprint density at radius 3 is 2.44 bits per heavy atom. The lowest BCUT2D eigenvalue weighted by Crippen LogP contribution is -2.31. The summed E-state index contributed by atoms with van der Waals surface area (Å²) in [6.45, 7) is 4.06. The first-order chi connectivity index (χ1) is 11.8. The number of halogens is 1. The van der Waals surface area contributed by atoms with Crippen LogP contribution in [0.4, 0.5) is 5.69 Å². The van der Waals surface area contributed by atoms with Crippen LogP contribution in [-0.4, -0.2) is 36.8 Å². The van der Waals surface area contributed by atoms with Crippen molar-refractivity contribution in [1.82, 2.24) is 4.31 Å². The largest absolute Gasteiger partial charge is 0.508 e. The van der Waals surface area contributed by atoms with Gasteiger partial charge in [-0.15, -0.1) is 0 Å². The molecule has 0 aliphatic heterocycles. The number of nitrogens with zero attached hydrogens (tertiary/aromatic N) is 1. The van der Waals surface area contributed by atoms with Gasteiger partial charge in [0.25, 0.3) is 5.91 Å². The number of hydrogen-bond acceptors (Lipinski definition) is 4. The molecule has 2 N–H and O–H groups in total. The molecule has 134 valence electrons. The van der Waals surface area contributed by atoms with Gasteiger partial charge < -0.3 is 10.4 Å². The van der Waals surface area contributed by atoms with Gasteiger partial charge >= 0.3 is 0 Å². The molecule has 0 aliphatic carbocycles. The lowest BCUT2D eigenvalue weighted by Gasteiger charge is -2.19. The highest BCUT2D eigenvalue weighted by molar-refractivity contribution is 7.89. The Labute approximate surface area is 152 Å². The molecule has 0 saturated carbocycles. The zero-order valence-corrected chi connectivity index (χ0v) is 15.4. The van der Waals surface area contributed by atoms with Crippen molar-refractivity contribution in [2.24, 2.45) is 0 Å². The molecule has 25 heavy (non-hydrogen) atoms. The predicted molar refractivity (Wildman–Crippen MR) is 97.6 cm³/mol. The number of sulfonamides is 1. The van der Waals surface area contributed by atoms with Gasteiger partial charge in [0.2, 0.25) is 10.0 Å². The SMILES string of the molecule is CCN(CC)S(=O)(=O)c1cc(C(=O)Nc2cccc(O)c2)ccc1Cl. The van der Waals surface area contributed by atoms with Crippen molar-refractivity contribution in [2.75, 3.05) is 18.4 Å². The van der Waals surface area contributed by atoms with Crippen LogP contribution >= 0.6 is 11.6 Å². The number of benzene rings is 2. The third kappa shape index (κ3) is 4.31. The molecule has 2 rings (SSSR count). The Kier molecular flexibility index (Phi) is 6.05. The zero-order chi connectivity index (χ0) is 18.6. The first kappa shape index (κ1) is 19.2. The average molecular weight is 383 g/mol. The third-order valence-corrected chi connectivity index (χ3v) is 6.15. The van der Waals surface area contributed by atoms with E-state index >= 15 is 0 Å². The first-order valence-electron chi connectivity index (χ1n) is 7.69. The molecule has 0 aliphatic rings. The van der Waals surface area contributed by atoms with Gasteiger partial charge in [0, 0.05) is 30.4 Å². The van der Waals surface area contributed by atoms with Crippen LogP contribution < -0.4 is 5.32 Å². The van der Waals surface area contributed by atoms with Crippen LogP contribution in [0.1, 0.15) is 24.2 Å². The molecule has 1 amide bonds. The van der Waals surface area contributed by atoms with Crippen LogP contribution in [0.5, 0.6) is 5.75 Å². The summed E-state index contributed by atoms with van der Waals surface area (Å²) >= 11 is 6.05. The second-order valence-electron chi connectivity index (χ2n) is 5.24. The van der Waals surface area contributed by atoms with Gasteiger partial charge in [-0.2, -0.15) is 4.31 Å². The number of carbonyl (C=O) groups is 1. The van der Waals surface area contributed by atoms with Crippen LogP contribution in [0.2, 0.25) is 5.02 Å². The highest BCUT2D eigenvalue weighted by atomic mass is 35.5. The van der Waals surface area contributed by atoms with E-state index in [9.17, 15) is 18.3 Å². The second kappa shape index (κ2) is 7.86. The van der Waals surface area contributed by atoms with Crippen LogP contribution in [0.25, 0.3) is 0 Å². The van der Waals surface area contributed by atoms with Gasteiger partial charge in [0.15, 0.2) is 0 Å². The molecule has 0 saturated heterocycles. The van der Waals surface area contributed by atoms with E-state index in [1.165, 1.54) is 34.6 Å². The predicted octanol–water partition coefficient (Wildman–Crippen LogP) is 3.33. The van der Waals surface area contributed by atoms with Crippen molar-refractivity contribution in [1.29, 1.82) is 0 Å². The number of aromatic hydroxyl groups is 1. The normalized spacial score (nSPS) is 11.5. The topological polar surface area (TPSA) is 86.7 Å². The van der Waals surface area contributed by atoms with E-state index in [4.69, 9.17) is 11.6 Å². The molecule has 0 radical (unpaired) electrons. The van der Waals surface area contributed by atoms with Gasteiger partial charge in [0.1, 0.15) is 10.6 Å². The Morgan fingerprint density at radius 1 is 1.16 bits per heavy atom. The standard InChI is InChI=1S/C17H19ClN2O4S/c1-3-20(4-2)25(23,24)16-10-12(8-9-15(16)18)17(22)19-13-6-5-7-14(21)11-13/h5-11,21H,3-4H2,1-2H3,(H,19,22). The number of rotatable bonds is 6. The zero-order valence-electron chi connectivity index (χ0n) is 13.9. The minimum atomic E-state index is -3.79. The van der Waals surface area contributed by atoms with E-state index in [0.717, 1.165) is 0 Å². The molecule has 0 aromatic heterocycles. The quantitative estimate of drug-likeness (QED) is 0.802. The molecule has 8 heteroatoms. The molecular formula is C17H19ClN2O4S. The monoisotopic (exact) mass is 382 g/mol. The van der Waals surface area contributed by atoms with E-state index in [2.05, 4.69) is 5.32 Å². The van der Waals surface area contributed by atoms with Crippen LogP contribution in [0.15, 0.2) is 47.4 Å². The van der Waals surface area contributed by atoms with Gasteiger partial charge in [-0.25, -0.2) is 8.42 Å². The number of phenols is 1. The number of carbonyl (C=O) groups excluding carboxylic acids is 1. The van der Waals surface area contributed by atoms with E-state index in [1.807, 2.05) is 0 Å². The molecule has 0 bridgehead atoms. The summed E-state index contributed by atoms with van der Waals surface area (Å²) in [4.78, 5) is 12.3. The average Bonchev–Trinajstić information content (AvgIpc) is 2.55. The molecule has 0 atom stereocenters. The number of phenolic OH excluding ortho intramolecular Hbond substituents is 1. The summed E-state index contributed by atoms with van der Waals surface area (Å²) in [7, 11) is -3.79. The molecule has 0 unspecified atom stereocenters. The van der Waals surface area contributed by atoms with Crippen molar-refractivity contribution in [2.45, 2.75) is 18.7 Å². The van der Waals surface area contributed by atoms with Gasteiger partial charge in [-0.3, -0.25) is 4.79 Å². The van der Waals surface area contributed by atoms with Crippen LogP contribution in [0.3, 0.4) is 0 Å². The minimum Gasteiger partial charge on any atom is -0.508 e. The first-order valence-corrected chi connectivity index (χ1v) is 9.51. The van der Waals surface area contributed by atoms with Crippen LogP contribution in [-0.2, 0) is 10.0 Å². The number of nitrogens with one attached hydrogen (secondary N) is 1. The fourth-order valence-electron chi connectivity index (χ4n) is 2.33. The van der Waals surface area contributed by atoms with Gasteiger partial charge in [0.05, 0.1) is 5.02 Å². The maximum atomic E-state index is 12.7. The number of anilines is 1. The molecule has 2 aromatic carbocycles. The second-order valence-corrected chi connectivity index (χ2v) is 7.55. The maximum Gasteiger partial charge on any atom is 0.255 e. The summed E-state index contributed by atoms with van der Waals surface area (Å²) in [6, 6.07) is 10.2. The summed E-state index contributed by atoms with van der Waals surface area (Å²) in [5, 5.41) is 12.1. The Morgan fingerprint density at radius 2 is 1.84 bits per heavy atom. The molecular weight excluding hydrogens is 364 g/mol. The fraction of sp³-hybridized carbons (Fsp3) is 0.235. The lowest BCUT2D eigenvalue weighted by atomic mass is 10.2. The van der Waals surface area contributed by atoms with Crippen molar-refractivity contribution >= 4 is 33.2 Å². The Hall–Kier alpha value is -2.09. The summed E-state index contributed by atoms with van der Waals surface area (Å²) < 4.78 is 26.6. The van der Waals surface area contributed by atoms with Crippen molar-refractivity contribution in [3.8, 4) is 5.75 Å². The Bertz CT molecular complexity index is 880.